The van der Waals surface area contributed by atoms with E-state index in [0.29, 0.717) is 19.3 Å². The lowest BCUT2D eigenvalue weighted by molar-refractivity contribution is 0.275. The molecule has 1 fully saturated rings. The Bertz CT molecular complexity index is 354. The van der Waals surface area contributed by atoms with Gasteiger partial charge in [0.15, 0.2) is 11.5 Å². The molecule has 1 aromatic carbocycles. The fourth-order valence-electron chi connectivity index (χ4n) is 1.86. The van der Waals surface area contributed by atoms with E-state index in [1.807, 2.05) is 31.2 Å². The molecule has 1 aliphatic rings. The predicted octanol–water partition coefficient (Wildman–Crippen LogP) is 2.46. The molecule has 0 heterocycles. The molecule has 2 unspecified atom stereocenters. The number of rotatable bonds is 7. The highest BCUT2D eigenvalue weighted by Gasteiger charge is 2.31. The molecule has 0 amide bonds. The molecule has 0 saturated heterocycles. The summed E-state index contributed by atoms with van der Waals surface area (Å²) in [4.78, 5) is 0. The van der Waals surface area contributed by atoms with E-state index >= 15 is 0 Å². The third-order valence-corrected chi connectivity index (χ3v) is 3.02. The van der Waals surface area contributed by atoms with Crippen molar-refractivity contribution < 1.29 is 9.47 Å². The van der Waals surface area contributed by atoms with Gasteiger partial charge in [0, 0.05) is 12.6 Å². The molecule has 0 spiro atoms. The predicted molar refractivity (Wildman–Crippen MR) is 68.7 cm³/mol. The Morgan fingerprint density at radius 3 is 2.47 bits per heavy atom. The van der Waals surface area contributed by atoms with Gasteiger partial charge in [-0.1, -0.05) is 19.1 Å². The second-order valence-corrected chi connectivity index (χ2v) is 4.50. The van der Waals surface area contributed by atoms with Crippen molar-refractivity contribution in [3.05, 3.63) is 24.3 Å². The molecule has 0 aliphatic heterocycles. The first-order valence-corrected chi connectivity index (χ1v) is 6.39. The quantitative estimate of drug-likeness (QED) is 0.736. The van der Waals surface area contributed by atoms with Crippen molar-refractivity contribution in [2.24, 2.45) is 5.92 Å². The molecule has 0 radical (unpaired) electrons. The van der Waals surface area contributed by atoms with E-state index < -0.39 is 0 Å². The van der Waals surface area contributed by atoms with Crippen molar-refractivity contribution in [1.29, 1.82) is 0 Å². The maximum atomic E-state index is 5.72. The van der Waals surface area contributed by atoms with Gasteiger partial charge in [-0.25, -0.2) is 0 Å². The molecule has 1 aliphatic carbocycles. The molecule has 94 valence electrons. The van der Waals surface area contributed by atoms with E-state index in [0.717, 1.165) is 24.0 Å². The maximum Gasteiger partial charge on any atom is 0.161 e. The van der Waals surface area contributed by atoms with Crippen LogP contribution in [-0.4, -0.2) is 25.8 Å². The van der Waals surface area contributed by atoms with Crippen LogP contribution < -0.4 is 14.8 Å². The summed E-state index contributed by atoms with van der Waals surface area (Å²) < 4.78 is 11.2. The normalized spacial score (nSPS) is 22.2. The fourth-order valence-corrected chi connectivity index (χ4v) is 1.86. The number of benzene rings is 1. The van der Waals surface area contributed by atoms with Crippen molar-refractivity contribution >= 4 is 0 Å². The van der Waals surface area contributed by atoms with Crippen molar-refractivity contribution in [3.8, 4) is 11.5 Å². The summed E-state index contributed by atoms with van der Waals surface area (Å²) in [6.07, 6.45) is 1.30. The van der Waals surface area contributed by atoms with Crippen molar-refractivity contribution in [1.82, 2.24) is 5.32 Å². The van der Waals surface area contributed by atoms with Crippen LogP contribution in [0.15, 0.2) is 24.3 Å². The molecule has 3 heteroatoms. The second-order valence-electron chi connectivity index (χ2n) is 4.50. The van der Waals surface area contributed by atoms with Crippen LogP contribution in [0.2, 0.25) is 0 Å². The first-order valence-electron chi connectivity index (χ1n) is 6.39. The lowest BCUT2D eigenvalue weighted by atomic mass is 10.3. The van der Waals surface area contributed by atoms with Gasteiger partial charge in [0.25, 0.3) is 0 Å². The number of ether oxygens (including phenoxy) is 2. The van der Waals surface area contributed by atoms with Crippen LogP contribution in [0.1, 0.15) is 20.3 Å². The van der Waals surface area contributed by atoms with Crippen molar-refractivity contribution in [2.45, 2.75) is 26.3 Å². The minimum absolute atomic E-state index is 0.665. The molecule has 1 N–H and O–H groups in total. The second kappa shape index (κ2) is 5.92. The van der Waals surface area contributed by atoms with Crippen LogP contribution in [0.4, 0.5) is 0 Å². The Hall–Kier alpha value is -1.22. The van der Waals surface area contributed by atoms with Gasteiger partial charge in [-0.15, -0.1) is 0 Å². The zero-order valence-corrected chi connectivity index (χ0v) is 10.6. The summed E-state index contributed by atoms with van der Waals surface area (Å²) in [5, 5.41) is 3.46. The van der Waals surface area contributed by atoms with Gasteiger partial charge in [-0.05, 0) is 31.4 Å². The first kappa shape index (κ1) is 12.2. The molecule has 0 aromatic heterocycles. The average Bonchev–Trinajstić information content (AvgIpc) is 3.03. The largest absolute Gasteiger partial charge is 0.490 e. The first-order chi connectivity index (χ1) is 8.31. The highest BCUT2D eigenvalue weighted by molar-refractivity contribution is 5.39. The lowest BCUT2D eigenvalue weighted by Crippen LogP contribution is -2.24. The molecule has 1 saturated carbocycles. The van der Waals surface area contributed by atoms with Gasteiger partial charge in [-0.3, -0.25) is 0 Å². The van der Waals surface area contributed by atoms with Gasteiger partial charge in [0.1, 0.15) is 6.61 Å². The number of para-hydroxylation sites is 2. The number of nitrogens with one attached hydrogen (secondary N) is 1. The standard InChI is InChI=1S/C14H21NO2/c1-3-16-13-6-4-5-7-14(13)17-9-8-15-12-10-11(12)2/h4-7,11-12,15H,3,8-10H2,1-2H3. The minimum atomic E-state index is 0.665. The van der Waals surface area contributed by atoms with E-state index in [9.17, 15) is 0 Å². The SMILES string of the molecule is CCOc1ccccc1OCCNC1CC1C. The van der Waals surface area contributed by atoms with Crippen LogP contribution in [0.3, 0.4) is 0 Å². The smallest absolute Gasteiger partial charge is 0.161 e. The van der Waals surface area contributed by atoms with Gasteiger partial charge in [0.05, 0.1) is 6.61 Å². The molecule has 17 heavy (non-hydrogen) atoms. The zero-order valence-electron chi connectivity index (χ0n) is 10.6. The highest BCUT2D eigenvalue weighted by Crippen LogP contribution is 2.29. The average molecular weight is 235 g/mol. The van der Waals surface area contributed by atoms with E-state index in [4.69, 9.17) is 9.47 Å². The van der Waals surface area contributed by atoms with Crippen molar-refractivity contribution in [3.63, 3.8) is 0 Å². The summed E-state index contributed by atoms with van der Waals surface area (Å²) in [5.74, 6) is 2.50. The summed E-state index contributed by atoms with van der Waals surface area (Å²) in [6.45, 7) is 6.50. The minimum Gasteiger partial charge on any atom is -0.490 e. The van der Waals surface area contributed by atoms with Crippen LogP contribution in [0.5, 0.6) is 11.5 Å². The maximum absolute atomic E-state index is 5.72. The monoisotopic (exact) mass is 235 g/mol. The highest BCUT2D eigenvalue weighted by atomic mass is 16.5. The third kappa shape index (κ3) is 3.63. The topological polar surface area (TPSA) is 30.5 Å². The molecule has 1 aromatic rings. The number of hydrogen-bond acceptors (Lipinski definition) is 3. The molecule has 0 bridgehead atoms. The lowest BCUT2D eigenvalue weighted by Gasteiger charge is -2.11. The molecule has 3 nitrogen and oxygen atoms in total. The Morgan fingerprint density at radius 1 is 1.24 bits per heavy atom. The fraction of sp³-hybridized carbons (Fsp3) is 0.571. The number of hydrogen-bond donors (Lipinski definition) is 1. The van der Waals surface area contributed by atoms with Gasteiger partial charge in [-0.2, -0.15) is 0 Å². The zero-order chi connectivity index (χ0) is 12.1. The van der Waals surface area contributed by atoms with Gasteiger partial charge < -0.3 is 14.8 Å². The Morgan fingerprint density at radius 2 is 1.88 bits per heavy atom. The van der Waals surface area contributed by atoms with Gasteiger partial charge >= 0.3 is 0 Å². The Kier molecular flexibility index (Phi) is 4.26. The van der Waals surface area contributed by atoms with E-state index in [2.05, 4.69) is 12.2 Å². The van der Waals surface area contributed by atoms with Crippen LogP contribution >= 0.6 is 0 Å². The van der Waals surface area contributed by atoms with Crippen LogP contribution in [0, 0.1) is 5.92 Å². The Balaban J connectivity index is 1.73. The molecular weight excluding hydrogens is 214 g/mol. The van der Waals surface area contributed by atoms with E-state index in [-0.39, 0.29) is 0 Å². The van der Waals surface area contributed by atoms with Crippen LogP contribution in [0.25, 0.3) is 0 Å². The molecular formula is C14H21NO2. The summed E-state index contributed by atoms with van der Waals surface area (Å²) in [7, 11) is 0. The molecule has 2 atom stereocenters. The summed E-state index contributed by atoms with van der Waals surface area (Å²) in [6, 6.07) is 8.52. The van der Waals surface area contributed by atoms with E-state index in [1.54, 1.807) is 0 Å². The summed E-state index contributed by atoms with van der Waals surface area (Å²) in [5.41, 5.74) is 0. The summed E-state index contributed by atoms with van der Waals surface area (Å²) >= 11 is 0. The Labute approximate surface area is 103 Å². The molecule has 2 rings (SSSR count). The van der Waals surface area contributed by atoms with E-state index in [1.165, 1.54) is 6.42 Å². The third-order valence-electron chi connectivity index (χ3n) is 3.02. The van der Waals surface area contributed by atoms with Crippen LogP contribution in [-0.2, 0) is 0 Å². The van der Waals surface area contributed by atoms with Crippen molar-refractivity contribution in [2.75, 3.05) is 19.8 Å². The van der Waals surface area contributed by atoms with Gasteiger partial charge in [0.2, 0.25) is 0 Å².